The van der Waals surface area contributed by atoms with Crippen LogP contribution in [0, 0.1) is 13.8 Å². The van der Waals surface area contributed by atoms with Gasteiger partial charge in [-0.3, -0.25) is 0 Å². The lowest BCUT2D eigenvalue weighted by Gasteiger charge is -2.08. The summed E-state index contributed by atoms with van der Waals surface area (Å²) in [6, 6.07) is 4.12. The van der Waals surface area contributed by atoms with Gasteiger partial charge < -0.3 is 5.32 Å². The maximum Gasteiger partial charge on any atom is 0.224 e. The van der Waals surface area contributed by atoms with E-state index in [0.717, 1.165) is 22.3 Å². The number of hydrogen-bond donors (Lipinski definition) is 1. The standard InChI is InChI=1S/C11H12ClN3/c1-6-4-7(2)9-8(5-6)14-11(12)15-10(9)13-3/h4-5H,1-3H3,(H,13,14,15). The Hall–Kier alpha value is -1.35. The van der Waals surface area contributed by atoms with Crippen molar-refractivity contribution in [1.29, 1.82) is 0 Å². The molecule has 0 bridgehead atoms. The van der Waals surface area contributed by atoms with Crippen molar-refractivity contribution < 1.29 is 0 Å². The second-order valence-corrected chi connectivity index (χ2v) is 3.91. The largest absolute Gasteiger partial charge is 0.372 e. The minimum atomic E-state index is 0.275. The quantitative estimate of drug-likeness (QED) is 0.753. The Morgan fingerprint density at radius 3 is 2.60 bits per heavy atom. The molecule has 1 N–H and O–H groups in total. The Morgan fingerprint density at radius 2 is 1.93 bits per heavy atom. The van der Waals surface area contributed by atoms with Crippen molar-refractivity contribution in [2.24, 2.45) is 0 Å². The lowest BCUT2D eigenvalue weighted by molar-refractivity contribution is 1.20. The van der Waals surface area contributed by atoms with Gasteiger partial charge in [0.1, 0.15) is 5.82 Å². The van der Waals surface area contributed by atoms with E-state index in [2.05, 4.69) is 21.4 Å². The fourth-order valence-electron chi connectivity index (χ4n) is 1.79. The fourth-order valence-corrected chi connectivity index (χ4v) is 1.97. The van der Waals surface area contributed by atoms with Crippen LogP contribution in [0.2, 0.25) is 5.28 Å². The summed E-state index contributed by atoms with van der Waals surface area (Å²) in [5, 5.41) is 4.35. The van der Waals surface area contributed by atoms with E-state index in [1.807, 2.05) is 27.0 Å². The monoisotopic (exact) mass is 221 g/mol. The lowest BCUT2D eigenvalue weighted by Crippen LogP contribution is -1.98. The number of aryl methyl sites for hydroxylation is 2. The average molecular weight is 222 g/mol. The third-order valence-electron chi connectivity index (χ3n) is 2.35. The van der Waals surface area contributed by atoms with Crippen molar-refractivity contribution in [3.63, 3.8) is 0 Å². The van der Waals surface area contributed by atoms with Gasteiger partial charge in [-0.05, 0) is 42.6 Å². The van der Waals surface area contributed by atoms with E-state index in [-0.39, 0.29) is 5.28 Å². The van der Waals surface area contributed by atoms with Crippen molar-refractivity contribution in [2.75, 3.05) is 12.4 Å². The molecule has 0 saturated carbocycles. The van der Waals surface area contributed by atoms with Crippen LogP contribution in [0.3, 0.4) is 0 Å². The van der Waals surface area contributed by atoms with Gasteiger partial charge in [-0.2, -0.15) is 0 Å². The van der Waals surface area contributed by atoms with Crippen LogP contribution in [0.4, 0.5) is 5.82 Å². The Kier molecular flexibility index (Phi) is 2.49. The van der Waals surface area contributed by atoms with Crippen molar-refractivity contribution in [3.8, 4) is 0 Å². The maximum atomic E-state index is 5.85. The number of hydrogen-bond acceptors (Lipinski definition) is 3. The molecular weight excluding hydrogens is 210 g/mol. The van der Waals surface area contributed by atoms with Crippen molar-refractivity contribution in [1.82, 2.24) is 9.97 Å². The Labute approximate surface area is 93.5 Å². The highest BCUT2D eigenvalue weighted by molar-refractivity contribution is 6.28. The van der Waals surface area contributed by atoms with Crippen LogP contribution in [0.5, 0.6) is 0 Å². The first-order valence-electron chi connectivity index (χ1n) is 4.74. The van der Waals surface area contributed by atoms with Gasteiger partial charge in [0.15, 0.2) is 0 Å². The summed E-state index contributed by atoms with van der Waals surface area (Å²) in [5.41, 5.74) is 3.22. The van der Waals surface area contributed by atoms with Crippen LogP contribution in [0.15, 0.2) is 12.1 Å². The predicted molar refractivity (Wildman–Crippen MR) is 63.6 cm³/mol. The van der Waals surface area contributed by atoms with Gasteiger partial charge in [0, 0.05) is 12.4 Å². The average Bonchev–Trinajstić information content (AvgIpc) is 2.14. The minimum Gasteiger partial charge on any atom is -0.372 e. The summed E-state index contributed by atoms with van der Waals surface area (Å²) in [5.74, 6) is 0.780. The molecule has 0 aliphatic heterocycles. The summed E-state index contributed by atoms with van der Waals surface area (Å²) >= 11 is 5.85. The number of anilines is 1. The van der Waals surface area contributed by atoms with Gasteiger partial charge in [0.05, 0.1) is 5.52 Å². The Balaban J connectivity index is 2.90. The van der Waals surface area contributed by atoms with Crippen LogP contribution in [0.25, 0.3) is 10.9 Å². The number of nitrogens with one attached hydrogen (secondary N) is 1. The van der Waals surface area contributed by atoms with Gasteiger partial charge in [0.25, 0.3) is 0 Å². The fraction of sp³-hybridized carbons (Fsp3) is 0.273. The summed E-state index contributed by atoms with van der Waals surface area (Å²) in [6.45, 7) is 4.09. The van der Waals surface area contributed by atoms with Gasteiger partial charge in [0.2, 0.25) is 5.28 Å². The molecule has 1 aromatic carbocycles. The zero-order valence-corrected chi connectivity index (χ0v) is 9.68. The molecule has 3 nitrogen and oxygen atoms in total. The lowest BCUT2D eigenvalue weighted by atomic mass is 10.1. The zero-order chi connectivity index (χ0) is 11.0. The summed E-state index contributed by atoms with van der Waals surface area (Å²) < 4.78 is 0. The van der Waals surface area contributed by atoms with Crippen molar-refractivity contribution >= 4 is 28.3 Å². The van der Waals surface area contributed by atoms with Crippen LogP contribution < -0.4 is 5.32 Å². The van der Waals surface area contributed by atoms with Crippen LogP contribution in [-0.4, -0.2) is 17.0 Å². The summed E-state index contributed by atoms with van der Waals surface area (Å²) in [6.07, 6.45) is 0. The molecule has 4 heteroatoms. The molecule has 0 aliphatic carbocycles. The Bertz CT molecular complexity index is 517. The van der Waals surface area contributed by atoms with E-state index >= 15 is 0 Å². The second kappa shape index (κ2) is 3.66. The first-order valence-corrected chi connectivity index (χ1v) is 5.12. The topological polar surface area (TPSA) is 37.8 Å². The number of rotatable bonds is 1. The molecule has 0 amide bonds. The highest BCUT2D eigenvalue weighted by Crippen LogP contribution is 2.26. The molecule has 0 saturated heterocycles. The molecule has 1 aromatic heterocycles. The number of benzene rings is 1. The van der Waals surface area contributed by atoms with Gasteiger partial charge in [-0.15, -0.1) is 0 Å². The van der Waals surface area contributed by atoms with Crippen molar-refractivity contribution in [3.05, 3.63) is 28.5 Å². The molecule has 15 heavy (non-hydrogen) atoms. The van der Waals surface area contributed by atoms with E-state index in [0.29, 0.717) is 0 Å². The molecule has 0 unspecified atom stereocenters. The number of aromatic nitrogens is 2. The number of halogens is 1. The van der Waals surface area contributed by atoms with E-state index in [4.69, 9.17) is 11.6 Å². The SMILES string of the molecule is CNc1nc(Cl)nc2cc(C)cc(C)c12. The van der Waals surface area contributed by atoms with E-state index in [1.54, 1.807) is 0 Å². The smallest absolute Gasteiger partial charge is 0.224 e. The van der Waals surface area contributed by atoms with Crippen LogP contribution in [-0.2, 0) is 0 Å². The molecule has 0 atom stereocenters. The molecule has 0 radical (unpaired) electrons. The summed E-state index contributed by atoms with van der Waals surface area (Å²) in [7, 11) is 1.83. The normalized spacial score (nSPS) is 10.7. The number of fused-ring (bicyclic) bond motifs is 1. The highest BCUT2D eigenvalue weighted by atomic mass is 35.5. The molecule has 0 spiro atoms. The minimum absolute atomic E-state index is 0.275. The first-order chi connectivity index (χ1) is 7.11. The third kappa shape index (κ3) is 1.75. The number of nitrogens with zero attached hydrogens (tertiary/aromatic N) is 2. The molecule has 1 heterocycles. The van der Waals surface area contributed by atoms with Crippen LogP contribution >= 0.6 is 11.6 Å². The van der Waals surface area contributed by atoms with E-state index < -0.39 is 0 Å². The molecule has 2 aromatic rings. The van der Waals surface area contributed by atoms with Crippen molar-refractivity contribution in [2.45, 2.75) is 13.8 Å². The predicted octanol–water partition coefficient (Wildman–Crippen LogP) is 2.94. The second-order valence-electron chi connectivity index (χ2n) is 3.57. The van der Waals surface area contributed by atoms with Gasteiger partial charge in [-0.25, -0.2) is 9.97 Å². The molecule has 78 valence electrons. The summed E-state index contributed by atoms with van der Waals surface area (Å²) in [4.78, 5) is 8.37. The van der Waals surface area contributed by atoms with E-state index in [1.165, 1.54) is 5.56 Å². The third-order valence-corrected chi connectivity index (χ3v) is 2.52. The van der Waals surface area contributed by atoms with E-state index in [9.17, 15) is 0 Å². The molecule has 0 aliphatic rings. The first kappa shape index (κ1) is 10.2. The molecule has 0 fully saturated rings. The molecular formula is C11H12ClN3. The highest BCUT2D eigenvalue weighted by Gasteiger charge is 2.08. The maximum absolute atomic E-state index is 5.85. The molecule has 2 rings (SSSR count). The van der Waals surface area contributed by atoms with Crippen LogP contribution in [0.1, 0.15) is 11.1 Å². The van der Waals surface area contributed by atoms with Gasteiger partial charge >= 0.3 is 0 Å². The van der Waals surface area contributed by atoms with Gasteiger partial charge in [-0.1, -0.05) is 6.07 Å². The zero-order valence-electron chi connectivity index (χ0n) is 8.93. The Morgan fingerprint density at radius 1 is 1.20 bits per heavy atom.